The van der Waals surface area contributed by atoms with E-state index in [0.29, 0.717) is 12.2 Å². The molecule has 0 unspecified atom stereocenters. The minimum Gasteiger partial charge on any atom is -0.444 e. The molecule has 1 N–H and O–H groups in total. The van der Waals surface area contributed by atoms with Crippen LogP contribution in [0.4, 0.5) is 10.1 Å². The van der Waals surface area contributed by atoms with Gasteiger partial charge in [0.2, 0.25) is 5.89 Å². The second kappa shape index (κ2) is 6.25. The molecular weight excluding hydrogens is 265 g/mol. The highest BCUT2D eigenvalue weighted by Crippen LogP contribution is 2.25. The number of halogens is 1. The van der Waals surface area contributed by atoms with E-state index in [9.17, 15) is 14.5 Å². The van der Waals surface area contributed by atoms with Gasteiger partial charge in [0.15, 0.2) is 0 Å². The first-order valence-electron chi connectivity index (χ1n) is 6.21. The number of oxazole rings is 1. The molecule has 0 fully saturated rings. The molecule has 7 heteroatoms. The van der Waals surface area contributed by atoms with Crippen LogP contribution in [0.5, 0.6) is 0 Å². The minimum absolute atomic E-state index is 0.109. The van der Waals surface area contributed by atoms with Crippen LogP contribution in [-0.4, -0.2) is 16.5 Å². The van der Waals surface area contributed by atoms with Crippen molar-refractivity contribution in [1.82, 2.24) is 10.3 Å². The zero-order valence-electron chi connectivity index (χ0n) is 10.9. The van der Waals surface area contributed by atoms with Gasteiger partial charge < -0.3 is 9.73 Å². The highest BCUT2D eigenvalue weighted by molar-refractivity contribution is 5.57. The average Bonchev–Trinajstić information content (AvgIpc) is 2.87. The predicted molar refractivity (Wildman–Crippen MR) is 70.5 cm³/mol. The lowest BCUT2D eigenvalue weighted by Crippen LogP contribution is -2.13. The molecule has 0 radical (unpaired) electrons. The number of rotatable bonds is 6. The highest BCUT2D eigenvalue weighted by Gasteiger charge is 2.15. The maximum atomic E-state index is 13.8. The van der Waals surface area contributed by atoms with Gasteiger partial charge in [0, 0.05) is 12.6 Å². The summed E-state index contributed by atoms with van der Waals surface area (Å²) in [6, 6.07) is 3.37. The first kappa shape index (κ1) is 14.1. The van der Waals surface area contributed by atoms with E-state index >= 15 is 0 Å². The van der Waals surface area contributed by atoms with Gasteiger partial charge in [-0.05, 0) is 19.0 Å². The summed E-state index contributed by atoms with van der Waals surface area (Å²) < 4.78 is 19.0. The normalized spacial score (nSPS) is 10.7. The maximum absolute atomic E-state index is 13.8. The highest BCUT2D eigenvalue weighted by atomic mass is 19.1. The molecule has 0 aliphatic carbocycles. The standard InChI is InChI=1S/C13H14FN3O3/c1-2-5-15-7-9-8-20-13(16-9)11-4-3-10(17(18)19)6-12(11)14/h3-4,6,8,15H,2,5,7H2,1H3. The third kappa shape index (κ3) is 3.18. The third-order valence-electron chi connectivity index (χ3n) is 2.68. The van der Waals surface area contributed by atoms with Crippen LogP contribution in [0.3, 0.4) is 0 Å². The Labute approximate surface area is 114 Å². The van der Waals surface area contributed by atoms with Crippen LogP contribution in [0.25, 0.3) is 11.5 Å². The molecule has 0 aliphatic rings. The van der Waals surface area contributed by atoms with Gasteiger partial charge in [0.05, 0.1) is 22.2 Å². The molecule has 0 aliphatic heterocycles. The topological polar surface area (TPSA) is 81.2 Å². The van der Waals surface area contributed by atoms with Gasteiger partial charge in [0.1, 0.15) is 12.1 Å². The Morgan fingerprint density at radius 1 is 1.50 bits per heavy atom. The van der Waals surface area contributed by atoms with Gasteiger partial charge in [-0.2, -0.15) is 0 Å². The Morgan fingerprint density at radius 3 is 2.95 bits per heavy atom. The Morgan fingerprint density at radius 2 is 2.30 bits per heavy atom. The Kier molecular flexibility index (Phi) is 4.41. The summed E-state index contributed by atoms with van der Waals surface area (Å²) in [5.74, 6) is -0.611. The van der Waals surface area contributed by atoms with E-state index in [1.807, 2.05) is 6.92 Å². The Balaban J connectivity index is 2.17. The van der Waals surface area contributed by atoms with Crippen molar-refractivity contribution in [3.63, 3.8) is 0 Å². The van der Waals surface area contributed by atoms with Crippen LogP contribution in [-0.2, 0) is 6.54 Å². The summed E-state index contributed by atoms with van der Waals surface area (Å²) in [7, 11) is 0. The van der Waals surface area contributed by atoms with Gasteiger partial charge in [-0.1, -0.05) is 6.92 Å². The van der Waals surface area contributed by atoms with E-state index in [4.69, 9.17) is 4.42 Å². The first-order valence-corrected chi connectivity index (χ1v) is 6.21. The average molecular weight is 279 g/mol. The molecule has 1 heterocycles. The monoisotopic (exact) mass is 279 g/mol. The van der Waals surface area contributed by atoms with Crippen molar-refractivity contribution in [2.45, 2.75) is 19.9 Å². The number of benzene rings is 1. The maximum Gasteiger partial charge on any atom is 0.272 e. The number of nitrogens with zero attached hydrogens (tertiary/aromatic N) is 2. The Hall–Kier alpha value is -2.28. The smallest absolute Gasteiger partial charge is 0.272 e. The lowest BCUT2D eigenvalue weighted by molar-refractivity contribution is -0.385. The summed E-state index contributed by atoms with van der Waals surface area (Å²) in [5, 5.41) is 13.7. The molecule has 20 heavy (non-hydrogen) atoms. The van der Waals surface area contributed by atoms with Crippen LogP contribution < -0.4 is 5.32 Å². The summed E-state index contributed by atoms with van der Waals surface area (Å²) in [4.78, 5) is 14.0. The molecule has 106 valence electrons. The molecule has 6 nitrogen and oxygen atoms in total. The Bertz CT molecular complexity index is 613. The van der Waals surface area contributed by atoms with E-state index < -0.39 is 10.7 Å². The lowest BCUT2D eigenvalue weighted by Gasteiger charge is -1.98. The predicted octanol–water partition coefficient (Wildman–Crippen LogP) is 2.89. The quantitative estimate of drug-likeness (QED) is 0.499. The molecule has 2 rings (SSSR count). The van der Waals surface area contributed by atoms with Crippen LogP contribution in [0.15, 0.2) is 28.9 Å². The van der Waals surface area contributed by atoms with Crippen molar-refractivity contribution in [1.29, 1.82) is 0 Å². The van der Waals surface area contributed by atoms with Crippen LogP contribution >= 0.6 is 0 Å². The summed E-state index contributed by atoms with van der Waals surface area (Å²) in [6.45, 7) is 3.44. The van der Waals surface area contributed by atoms with Crippen molar-refractivity contribution < 1.29 is 13.7 Å². The van der Waals surface area contributed by atoms with Gasteiger partial charge in [-0.3, -0.25) is 10.1 Å². The van der Waals surface area contributed by atoms with E-state index in [1.165, 1.54) is 18.4 Å². The molecule has 0 amide bonds. The second-order valence-electron chi connectivity index (χ2n) is 4.24. The van der Waals surface area contributed by atoms with E-state index in [2.05, 4.69) is 10.3 Å². The van der Waals surface area contributed by atoms with Crippen molar-refractivity contribution in [3.8, 4) is 11.5 Å². The van der Waals surface area contributed by atoms with Crippen LogP contribution in [0, 0.1) is 15.9 Å². The molecule has 1 aromatic carbocycles. The van der Waals surface area contributed by atoms with Crippen molar-refractivity contribution in [2.24, 2.45) is 0 Å². The fraction of sp³-hybridized carbons (Fsp3) is 0.308. The molecule has 0 saturated carbocycles. The van der Waals surface area contributed by atoms with Crippen molar-refractivity contribution in [3.05, 3.63) is 46.1 Å². The van der Waals surface area contributed by atoms with Crippen molar-refractivity contribution >= 4 is 5.69 Å². The number of nitrogens with one attached hydrogen (secondary N) is 1. The minimum atomic E-state index is -0.728. The fourth-order valence-corrected chi connectivity index (χ4v) is 1.70. The van der Waals surface area contributed by atoms with E-state index in [0.717, 1.165) is 19.0 Å². The third-order valence-corrected chi connectivity index (χ3v) is 2.68. The number of nitro groups is 1. The molecule has 2 aromatic rings. The molecule has 1 aromatic heterocycles. The van der Waals surface area contributed by atoms with Gasteiger partial charge in [-0.15, -0.1) is 0 Å². The molecule has 0 atom stereocenters. The summed E-state index contributed by atoms with van der Waals surface area (Å²) in [6.07, 6.45) is 2.44. The van der Waals surface area contributed by atoms with Gasteiger partial charge in [0.25, 0.3) is 5.69 Å². The number of non-ortho nitro benzene ring substituents is 1. The van der Waals surface area contributed by atoms with E-state index in [-0.39, 0.29) is 17.1 Å². The first-order chi connectivity index (χ1) is 9.61. The molecule has 0 bridgehead atoms. The zero-order valence-corrected chi connectivity index (χ0v) is 10.9. The molecule has 0 spiro atoms. The lowest BCUT2D eigenvalue weighted by atomic mass is 10.2. The number of hydrogen-bond donors (Lipinski definition) is 1. The second-order valence-corrected chi connectivity index (χ2v) is 4.24. The summed E-state index contributed by atoms with van der Waals surface area (Å²) >= 11 is 0. The SMILES string of the molecule is CCCNCc1coc(-c2ccc([N+](=O)[O-])cc2F)n1. The molecule has 0 saturated heterocycles. The van der Waals surface area contributed by atoms with E-state index in [1.54, 1.807) is 0 Å². The van der Waals surface area contributed by atoms with Crippen LogP contribution in [0.2, 0.25) is 0 Å². The van der Waals surface area contributed by atoms with Crippen molar-refractivity contribution in [2.75, 3.05) is 6.54 Å². The summed E-state index contributed by atoms with van der Waals surface area (Å²) in [5.41, 5.74) is 0.464. The fourth-order valence-electron chi connectivity index (χ4n) is 1.70. The van der Waals surface area contributed by atoms with Gasteiger partial charge >= 0.3 is 0 Å². The number of nitro benzene ring substituents is 1. The molecular formula is C13H14FN3O3. The van der Waals surface area contributed by atoms with Crippen LogP contribution in [0.1, 0.15) is 19.0 Å². The number of hydrogen-bond acceptors (Lipinski definition) is 5. The van der Waals surface area contributed by atoms with Gasteiger partial charge in [-0.25, -0.2) is 9.37 Å². The largest absolute Gasteiger partial charge is 0.444 e. The zero-order chi connectivity index (χ0) is 14.5. The number of aromatic nitrogens is 1.